The molecule has 2 rings (SSSR count). The van der Waals surface area contributed by atoms with E-state index in [1.54, 1.807) is 0 Å². The highest BCUT2D eigenvalue weighted by atomic mass is 15.2. The molecule has 112 valence electrons. The summed E-state index contributed by atoms with van der Waals surface area (Å²) in [6.07, 6.45) is 7.50. The van der Waals surface area contributed by atoms with E-state index in [2.05, 4.69) is 41.1 Å². The predicted molar refractivity (Wildman–Crippen MR) is 83.0 cm³/mol. The number of nitrogens with zero attached hydrogens (tertiary/aromatic N) is 4. The highest BCUT2D eigenvalue weighted by Crippen LogP contribution is 2.19. The second-order valence-electron chi connectivity index (χ2n) is 5.76. The van der Waals surface area contributed by atoms with Crippen LogP contribution in [0.25, 0.3) is 0 Å². The lowest BCUT2D eigenvalue weighted by Crippen LogP contribution is -2.28. The fourth-order valence-electron chi connectivity index (χ4n) is 2.18. The Morgan fingerprint density at radius 3 is 2.70 bits per heavy atom. The van der Waals surface area contributed by atoms with Gasteiger partial charge in [0.15, 0.2) is 0 Å². The van der Waals surface area contributed by atoms with Gasteiger partial charge < -0.3 is 15.1 Å². The molecule has 0 spiro atoms. The Labute approximate surface area is 122 Å². The lowest BCUT2D eigenvalue weighted by molar-refractivity contribution is 0.400. The molecule has 1 saturated carbocycles. The Bertz CT molecular complexity index is 403. The van der Waals surface area contributed by atoms with Crippen LogP contribution in [0.5, 0.6) is 0 Å². The highest BCUT2D eigenvalue weighted by molar-refractivity contribution is 5.36. The number of aromatic nitrogens is 2. The number of hydrogen-bond donors (Lipinski definition) is 1. The second kappa shape index (κ2) is 7.55. The Hall–Kier alpha value is -1.20. The van der Waals surface area contributed by atoms with Crippen molar-refractivity contribution in [2.75, 3.05) is 38.6 Å². The van der Waals surface area contributed by atoms with Crippen LogP contribution < -0.4 is 10.2 Å². The van der Waals surface area contributed by atoms with E-state index in [4.69, 9.17) is 4.98 Å². The molecule has 0 amide bonds. The minimum Gasteiger partial charge on any atom is -0.356 e. The molecule has 5 nitrogen and oxygen atoms in total. The van der Waals surface area contributed by atoms with Crippen molar-refractivity contribution in [2.24, 2.45) is 0 Å². The lowest BCUT2D eigenvalue weighted by Gasteiger charge is -2.23. The maximum atomic E-state index is 4.73. The summed E-state index contributed by atoms with van der Waals surface area (Å²) < 4.78 is 0. The highest BCUT2D eigenvalue weighted by Gasteiger charge is 2.20. The normalized spacial score (nSPS) is 14.8. The molecule has 0 atom stereocenters. The van der Waals surface area contributed by atoms with E-state index in [1.165, 1.54) is 12.8 Å². The van der Waals surface area contributed by atoms with Gasteiger partial charge in [-0.2, -0.15) is 0 Å². The number of rotatable bonds is 9. The van der Waals surface area contributed by atoms with Crippen molar-refractivity contribution < 1.29 is 0 Å². The first-order chi connectivity index (χ1) is 9.69. The smallest absolute Gasteiger partial charge is 0.147 e. The van der Waals surface area contributed by atoms with Crippen molar-refractivity contribution in [3.63, 3.8) is 0 Å². The standard InChI is InChI=1S/C15H27N5/c1-4-20(9-5-8-19(2)3)15-12-16-10-14(18-15)11-17-13-6-7-13/h10,12-13,17H,4-9,11H2,1-3H3. The molecule has 0 aromatic carbocycles. The zero-order chi connectivity index (χ0) is 14.4. The molecule has 1 aliphatic rings. The van der Waals surface area contributed by atoms with Crippen LogP contribution in [0.4, 0.5) is 5.82 Å². The van der Waals surface area contributed by atoms with Crippen LogP contribution in [0.1, 0.15) is 31.9 Å². The van der Waals surface area contributed by atoms with Gasteiger partial charge in [-0.25, -0.2) is 4.98 Å². The summed E-state index contributed by atoms with van der Waals surface area (Å²) in [5, 5.41) is 3.49. The summed E-state index contributed by atoms with van der Waals surface area (Å²) in [5.74, 6) is 1.00. The summed E-state index contributed by atoms with van der Waals surface area (Å²) >= 11 is 0. The van der Waals surface area contributed by atoms with Gasteiger partial charge in [-0.1, -0.05) is 0 Å². The molecule has 5 heteroatoms. The van der Waals surface area contributed by atoms with Crippen molar-refractivity contribution in [1.29, 1.82) is 0 Å². The molecule has 0 bridgehead atoms. The first-order valence-electron chi connectivity index (χ1n) is 7.63. The van der Waals surface area contributed by atoms with Gasteiger partial charge in [0.2, 0.25) is 0 Å². The minimum atomic E-state index is 0.711. The van der Waals surface area contributed by atoms with Crippen LogP contribution in [0.3, 0.4) is 0 Å². The van der Waals surface area contributed by atoms with Crippen LogP contribution in [0.15, 0.2) is 12.4 Å². The molecule has 0 saturated heterocycles. The van der Waals surface area contributed by atoms with E-state index in [9.17, 15) is 0 Å². The van der Waals surface area contributed by atoms with Gasteiger partial charge in [0, 0.05) is 31.9 Å². The topological polar surface area (TPSA) is 44.3 Å². The predicted octanol–water partition coefficient (Wildman–Crippen LogP) is 1.51. The molecule has 1 aromatic rings. The average Bonchev–Trinajstić information content (AvgIpc) is 3.25. The fourth-order valence-corrected chi connectivity index (χ4v) is 2.18. The third-order valence-corrected chi connectivity index (χ3v) is 3.56. The average molecular weight is 277 g/mol. The summed E-state index contributed by atoms with van der Waals surface area (Å²) in [6, 6.07) is 0.711. The van der Waals surface area contributed by atoms with Crippen LogP contribution in [0, 0.1) is 0 Å². The molecule has 0 unspecified atom stereocenters. The van der Waals surface area contributed by atoms with Gasteiger partial charge in [0.05, 0.1) is 11.9 Å². The SMILES string of the molecule is CCN(CCCN(C)C)c1cncc(CNC2CC2)n1. The molecule has 1 aliphatic carbocycles. The zero-order valence-corrected chi connectivity index (χ0v) is 13.0. The molecule has 1 aromatic heterocycles. The van der Waals surface area contributed by atoms with E-state index in [0.717, 1.165) is 44.1 Å². The minimum absolute atomic E-state index is 0.711. The van der Waals surface area contributed by atoms with Gasteiger partial charge in [-0.15, -0.1) is 0 Å². The molecule has 1 N–H and O–H groups in total. The summed E-state index contributed by atoms with van der Waals surface area (Å²) in [7, 11) is 4.22. The van der Waals surface area contributed by atoms with Crippen molar-refractivity contribution >= 4 is 5.82 Å². The Morgan fingerprint density at radius 2 is 2.05 bits per heavy atom. The van der Waals surface area contributed by atoms with E-state index in [-0.39, 0.29) is 0 Å². The van der Waals surface area contributed by atoms with Crippen LogP contribution in [0.2, 0.25) is 0 Å². The molecule has 20 heavy (non-hydrogen) atoms. The van der Waals surface area contributed by atoms with Gasteiger partial charge in [-0.3, -0.25) is 4.98 Å². The van der Waals surface area contributed by atoms with E-state index < -0.39 is 0 Å². The molecule has 1 fully saturated rings. The Kier molecular flexibility index (Phi) is 5.73. The Balaban J connectivity index is 1.88. The fraction of sp³-hybridized carbons (Fsp3) is 0.733. The number of hydrogen-bond acceptors (Lipinski definition) is 5. The van der Waals surface area contributed by atoms with Crippen molar-refractivity contribution in [3.8, 4) is 0 Å². The summed E-state index contributed by atoms with van der Waals surface area (Å²) in [6.45, 7) is 6.12. The third-order valence-electron chi connectivity index (χ3n) is 3.56. The van der Waals surface area contributed by atoms with Gasteiger partial charge in [0.1, 0.15) is 5.82 Å². The van der Waals surface area contributed by atoms with Crippen LogP contribution in [-0.4, -0.2) is 54.6 Å². The van der Waals surface area contributed by atoms with Gasteiger partial charge in [0.25, 0.3) is 0 Å². The Morgan fingerprint density at radius 1 is 1.25 bits per heavy atom. The van der Waals surface area contributed by atoms with E-state index in [0.29, 0.717) is 6.04 Å². The number of anilines is 1. The molecule has 0 radical (unpaired) electrons. The lowest BCUT2D eigenvalue weighted by atomic mass is 10.3. The summed E-state index contributed by atoms with van der Waals surface area (Å²) in [4.78, 5) is 13.6. The van der Waals surface area contributed by atoms with Crippen LogP contribution in [-0.2, 0) is 6.54 Å². The maximum absolute atomic E-state index is 4.73. The van der Waals surface area contributed by atoms with Gasteiger partial charge in [-0.05, 0) is 46.8 Å². The maximum Gasteiger partial charge on any atom is 0.147 e. The van der Waals surface area contributed by atoms with Crippen molar-refractivity contribution in [3.05, 3.63) is 18.1 Å². The first kappa shape index (κ1) is 15.2. The monoisotopic (exact) mass is 277 g/mol. The van der Waals surface area contributed by atoms with E-state index in [1.807, 2.05) is 12.4 Å². The van der Waals surface area contributed by atoms with Gasteiger partial charge >= 0.3 is 0 Å². The van der Waals surface area contributed by atoms with Crippen molar-refractivity contribution in [1.82, 2.24) is 20.2 Å². The molecular formula is C15H27N5. The first-order valence-corrected chi connectivity index (χ1v) is 7.63. The number of nitrogens with one attached hydrogen (secondary N) is 1. The zero-order valence-electron chi connectivity index (χ0n) is 13.0. The molecular weight excluding hydrogens is 250 g/mol. The van der Waals surface area contributed by atoms with Crippen LogP contribution >= 0.6 is 0 Å². The van der Waals surface area contributed by atoms with E-state index >= 15 is 0 Å². The summed E-state index contributed by atoms with van der Waals surface area (Å²) in [5.41, 5.74) is 1.04. The second-order valence-corrected chi connectivity index (χ2v) is 5.76. The van der Waals surface area contributed by atoms with Crippen molar-refractivity contribution in [2.45, 2.75) is 38.8 Å². The largest absolute Gasteiger partial charge is 0.356 e. The molecule has 0 aliphatic heterocycles. The third kappa shape index (κ3) is 5.06. The quantitative estimate of drug-likeness (QED) is 0.741. The molecule has 1 heterocycles.